The van der Waals surface area contributed by atoms with Crippen LogP contribution in [-0.4, -0.2) is 12.7 Å². The molecule has 3 heteroatoms. The summed E-state index contributed by atoms with van der Waals surface area (Å²) in [5.41, 5.74) is 2.62. The lowest BCUT2D eigenvalue weighted by Crippen LogP contribution is -2.15. The molecule has 0 spiro atoms. The summed E-state index contributed by atoms with van der Waals surface area (Å²) in [7, 11) is -0.291. The third kappa shape index (κ3) is 1.33. The third-order valence-corrected chi connectivity index (χ3v) is 4.51. The molecule has 1 aliphatic carbocycles. The first-order valence-electron chi connectivity index (χ1n) is 6.87. The first-order valence-corrected chi connectivity index (χ1v) is 6.87. The smallest absolute Gasteiger partial charge is 0.504 e. The van der Waals surface area contributed by atoms with Gasteiger partial charge in [0, 0.05) is 5.41 Å². The summed E-state index contributed by atoms with van der Waals surface area (Å²) in [6, 6.07) is 14.9. The monoisotopic (exact) mass is 262 g/mol. The van der Waals surface area contributed by atoms with E-state index in [0.717, 1.165) is 5.75 Å². The van der Waals surface area contributed by atoms with Crippen LogP contribution in [0.15, 0.2) is 42.5 Å². The van der Waals surface area contributed by atoms with Gasteiger partial charge in [-0.1, -0.05) is 44.2 Å². The largest absolute Gasteiger partial charge is 0.539 e. The van der Waals surface area contributed by atoms with Gasteiger partial charge in [-0.15, -0.1) is 0 Å². The van der Waals surface area contributed by atoms with Crippen molar-refractivity contribution in [3.63, 3.8) is 0 Å². The second kappa shape index (κ2) is 3.77. The summed E-state index contributed by atoms with van der Waals surface area (Å²) >= 11 is 0. The van der Waals surface area contributed by atoms with Crippen molar-refractivity contribution in [3.8, 4) is 5.75 Å². The molecule has 3 aromatic carbocycles. The van der Waals surface area contributed by atoms with Gasteiger partial charge in [0.25, 0.3) is 0 Å². The van der Waals surface area contributed by atoms with Crippen LogP contribution in [0, 0.1) is 0 Å². The van der Waals surface area contributed by atoms with Gasteiger partial charge in [-0.05, 0) is 44.8 Å². The predicted molar refractivity (Wildman–Crippen MR) is 83.6 cm³/mol. The quantitative estimate of drug-likeness (QED) is 0.567. The van der Waals surface area contributed by atoms with E-state index in [-0.39, 0.29) is 13.1 Å². The lowest BCUT2D eigenvalue weighted by molar-refractivity contribution is 0.453. The summed E-state index contributed by atoms with van der Waals surface area (Å²) in [5, 5.41) is 14.2. The molecule has 3 aromatic rings. The Morgan fingerprint density at radius 3 is 2.50 bits per heavy atom. The van der Waals surface area contributed by atoms with Crippen LogP contribution in [-0.2, 0) is 5.41 Å². The highest BCUT2D eigenvalue weighted by atomic mass is 16.5. The zero-order valence-corrected chi connectivity index (χ0v) is 11.6. The van der Waals surface area contributed by atoms with E-state index in [2.05, 4.69) is 50.2 Å². The summed E-state index contributed by atoms with van der Waals surface area (Å²) in [5.74, 6) is 0.732. The molecule has 1 aliphatic rings. The maximum absolute atomic E-state index is 9.01. The molecule has 98 valence electrons. The van der Waals surface area contributed by atoms with Gasteiger partial charge in [-0.25, -0.2) is 0 Å². The molecule has 20 heavy (non-hydrogen) atoms. The summed E-state index contributed by atoms with van der Waals surface area (Å²) in [6.45, 7) is 4.50. The Bertz CT molecular complexity index is 852. The molecular weight excluding hydrogens is 247 g/mol. The fraction of sp³-hybridized carbons (Fsp3) is 0.176. The minimum Gasteiger partial charge on any atom is -0.539 e. The van der Waals surface area contributed by atoms with E-state index >= 15 is 0 Å². The minimum absolute atomic E-state index is 0.0315. The van der Waals surface area contributed by atoms with E-state index in [1.54, 1.807) is 0 Å². The number of rotatable bonds is 2. The van der Waals surface area contributed by atoms with Gasteiger partial charge in [-0.2, -0.15) is 0 Å². The van der Waals surface area contributed by atoms with Crippen LogP contribution in [0.3, 0.4) is 0 Å². The Balaban J connectivity index is 2.20. The minimum atomic E-state index is -0.291. The van der Waals surface area contributed by atoms with Crippen molar-refractivity contribution in [2.75, 3.05) is 0 Å². The first-order chi connectivity index (χ1) is 9.63. The molecule has 0 bridgehead atoms. The van der Waals surface area contributed by atoms with Crippen molar-refractivity contribution in [3.05, 3.63) is 53.6 Å². The average Bonchev–Trinajstić information content (AvgIpc) is 2.67. The van der Waals surface area contributed by atoms with E-state index < -0.39 is 0 Å². The summed E-state index contributed by atoms with van der Waals surface area (Å²) < 4.78 is 5.31. The Labute approximate surface area is 118 Å². The van der Waals surface area contributed by atoms with Gasteiger partial charge in [0.15, 0.2) is 0 Å². The fourth-order valence-corrected chi connectivity index (χ4v) is 3.53. The second-order valence-electron chi connectivity index (χ2n) is 5.94. The number of hydrogen-bond donors (Lipinski definition) is 1. The standard InChI is InChI=1S/C17H15BO2/c1-17(2)13-5-3-4-10-6-7-11-8-12(20-18-19)9-14(17)16(11)15(10)13/h3-9,18-19H,1-2H3. The predicted octanol–water partition coefficient (Wildman–Crippen LogP) is 3.27. The SMILES string of the molecule is CC1(C)c2cccc3ccc4cc(OBO)cc1c4c23. The summed E-state index contributed by atoms with van der Waals surface area (Å²) in [4.78, 5) is 0. The molecule has 1 N–H and O–H groups in total. The molecule has 0 aromatic heterocycles. The van der Waals surface area contributed by atoms with Crippen LogP contribution < -0.4 is 4.65 Å². The van der Waals surface area contributed by atoms with Crippen LogP contribution in [0.5, 0.6) is 5.75 Å². The molecule has 2 nitrogen and oxygen atoms in total. The second-order valence-corrected chi connectivity index (χ2v) is 5.94. The van der Waals surface area contributed by atoms with Gasteiger partial charge >= 0.3 is 7.69 Å². The van der Waals surface area contributed by atoms with Crippen LogP contribution >= 0.6 is 0 Å². The van der Waals surface area contributed by atoms with Crippen LogP contribution in [0.1, 0.15) is 25.0 Å². The van der Waals surface area contributed by atoms with Gasteiger partial charge in [0.1, 0.15) is 5.75 Å². The highest BCUT2D eigenvalue weighted by Gasteiger charge is 2.34. The van der Waals surface area contributed by atoms with Crippen molar-refractivity contribution in [2.45, 2.75) is 19.3 Å². The van der Waals surface area contributed by atoms with Crippen molar-refractivity contribution in [1.29, 1.82) is 0 Å². The fourth-order valence-electron chi connectivity index (χ4n) is 3.53. The maximum atomic E-state index is 9.01. The molecule has 0 saturated carbocycles. The first kappa shape index (κ1) is 11.8. The van der Waals surface area contributed by atoms with Gasteiger partial charge in [-0.3, -0.25) is 0 Å². The zero-order valence-electron chi connectivity index (χ0n) is 11.6. The molecule has 0 aliphatic heterocycles. The molecule has 4 rings (SSSR count). The molecule has 0 heterocycles. The molecule has 0 atom stereocenters. The Kier molecular flexibility index (Phi) is 2.22. The number of benzene rings is 3. The van der Waals surface area contributed by atoms with Crippen molar-refractivity contribution in [1.82, 2.24) is 0 Å². The highest BCUT2D eigenvalue weighted by molar-refractivity contribution is 6.18. The van der Waals surface area contributed by atoms with Crippen LogP contribution in [0.25, 0.3) is 21.5 Å². The van der Waals surface area contributed by atoms with Crippen LogP contribution in [0.2, 0.25) is 0 Å². The maximum Gasteiger partial charge on any atom is 0.504 e. The van der Waals surface area contributed by atoms with E-state index in [9.17, 15) is 0 Å². The molecule has 0 unspecified atom stereocenters. The normalized spacial score (nSPS) is 15.2. The average molecular weight is 262 g/mol. The van der Waals surface area contributed by atoms with E-state index in [4.69, 9.17) is 9.68 Å². The molecular formula is C17H15BO2. The van der Waals surface area contributed by atoms with Gasteiger partial charge < -0.3 is 9.68 Å². The Hall–Kier alpha value is -2.00. The van der Waals surface area contributed by atoms with Crippen molar-refractivity contribution in [2.24, 2.45) is 0 Å². The van der Waals surface area contributed by atoms with E-state index in [1.807, 2.05) is 6.07 Å². The third-order valence-electron chi connectivity index (χ3n) is 4.51. The summed E-state index contributed by atoms with van der Waals surface area (Å²) in [6.07, 6.45) is 0. The Morgan fingerprint density at radius 2 is 1.70 bits per heavy atom. The van der Waals surface area contributed by atoms with Crippen LogP contribution in [0.4, 0.5) is 0 Å². The highest BCUT2D eigenvalue weighted by Crippen LogP contribution is 2.49. The van der Waals surface area contributed by atoms with Crippen molar-refractivity contribution < 1.29 is 9.68 Å². The molecule has 0 saturated heterocycles. The van der Waals surface area contributed by atoms with Crippen molar-refractivity contribution >= 4 is 29.2 Å². The Morgan fingerprint density at radius 1 is 0.950 bits per heavy atom. The lowest BCUT2D eigenvalue weighted by Gasteiger charge is -2.22. The lowest BCUT2D eigenvalue weighted by atomic mass is 9.81. The van der Waals surface area contributed by atoms with Gasteiger partial charge in [0.05, 0.1) is 0 Å². The molecule has 0 fully saturated rings. The zero-order chi connectivity index (χ0) is 13.9. The van der Waals surface area contributed by atoms with E-state index in [0.29, 0.717) is 0 Å². The van der Waals surface area contributed by atoms with E-state index in [1.165, 1.54) is 32.7 Å². The van der Waals surface area contributed by atoms with Gasteiger partial charge in [0.2, 0.25) is 0 Å². The molecule has 0 radical (unpaired) electrons. The topological polar surface area (TPSA) is 29.5 Å². The molecule has 0 amide bonds. The number of hydrogen-bond acceptors (Lipinski definition) is 2.